The molecule has 10 heavy (non-hydrogen) atoms. The number of rotatable bonds is 4. The van der Waals surface area contributed by atoms with Gasteiger partial charge in [0.2, 0.25) is 0 Å². The lowest BCUT2D eigenvalue weighted by Gasteiger charge is -2.05. The van der Waals surface area contributed by atoms with Gasteiger partial charge in [-0.3, -0.25) is 4.94 Å². The highest BCUT2D eigenvalue weighted by Gasteiger charge is 2.17. The fourth-order valence-electron chi connectivity index (χ4n) is 0.482. The van der Waals surface area contributed by atoms with Crippen LogP contribution in [0.25, 0.3) is 0 Å². The van der Waals surface area contributed by atoms with E-state index in [4.69, 9.17) is 0 Å². The molecule has 4 nitrogen and oxygen atoms in total. The van der Waals surface area contributed by atoms with Gasteiger partial charge in [-0.1, -0.05) is 0 Å². The molecule has 0 aromatic carbocycles. The van der Waals surface area contributed by atoms with Crippen molar-refractivity contribution in [3.05, 3.63) is 0 Å². The van der Waals surface area contributed by atoms with Crippen LogP contribution in [0.3, 0.4) is 0 Å². The molecule has 0 bridgehead atoms. The van der Waals surface area contributed by atoms with Gasteiger partial charge in [0, 0.05) is 10.9 Å². The van der Waals surface area contributed by atoms with E-state index in [9.17, 15) is 14.1 Å². The summed E-state index contributed by atoms with van der Waals surface area (Å²) in [6, 6.07) is -0.873. The second kappa shape index (κ2) is 4.87. The molecule has 58 valence electrons. The van der Waals surface area contributed by atoms with Crippen LogP contribution in [0.2, 0.25) is 0 Å². The smallest absolute Gasteiger partial charge is 0.307 e. The maximum absolute atomic E-state index is 11.1. The summed E-state index contributed by atoms with van der Waals surface area (Å²) in [6.45, 7) is 0. The Morgan fingerprint density at radius 2 is 2.50 bits per heavy atom. The van der Waals surface area contributed by atoms with E-state index in [1.807, 2.05) is 0 Å². The highest BCUT2D eigenvalue weighted by molar-refractivity contribution is 5.78. The fraction of sp³-hybridized carbons (Fsp3) is 0.600. The molecule has 5 heteroatoms. The van der Waals surface area contributed by atoms with Crippen molar-refractivity contribution in [2.75, 3.05) is 7.05 Å². The number of nitrogens with one attached hydrogen (secondary N) is 1. The average molecular weight is 149 g/mol. The molecule has 0 saturated carbocycles. The van der Waals surface area contributed by atoms with Crippen molar-refractivity contribution in [2.45, 2.75) is 12.5 Å². The fourth-order valence-corrected chi connectivity index (χ4v) is 0.482. The number of aldehydes is 1. The van der Waals surface area contributed by atoms with E-state index in [0.29, 0.717) is 6.29 Å². The SMILES string of the molecule is CNC(CC=O)C(=O)OF. The first-order valence-electron chi connectivity index (χ1n) is 2.69. The monoisotopic (exact) mass is 149 g/mol. The van der Waals surface area contributed by atoms with Gasteiger partial charge < -0.3 is 10.1 Å². The Labute approximate surface area is 57.3 Å². The topological polar surface area (TPSA) is 55.4 Å². The minimum Gasteiger partial charge on any atom is -0.307 e. The average Bonchev–Trinajstić information content (AvgIpc) is 1.99. The summed E-state index contributed by atoms with van der Waals surface area (Å²) in [4.78, 5) is 23.0. The Morgan fingerprint density at radius 1 is 1.90 bits per heavy atom. The molecule has 0 heterocycles. The molecule has 0 rings (SSSR count). The van der Waals surface area contributed by atoms with Gasteiger partial charge >= 0.3 is 5.97 Å². The lowest BCUT2D eigenvalue weighted by Crippen LogP contribution is -2.34. The quantitative estimate of drug-likeness (QED) is 0.552. The third-order valence-electron chi connectivity index (χ3n) is 1.04. The molecule has 0 amide bonds. The second-order valence-electron chi connectivity index (χ2n) is 1.64. The molecule has 1 atom stereocenters. The van der Waals surface area contributed by atoms with E-state index in [-0.39, 0.29) is 6.42 Å². The highest BCUT2D eigenvalue weighted by atomic mass is 19.3. The Balaban J connectivity index is 3.79. The zero-order valence-corrected chi connectivity index (χ0v) is 5.46. The maximum Gasteiger partial charge on any atom is 0.365 e. The first-order chi connectivity index (χ1) is 4.76. The standard InChI is InChI=1S/C5H8FNO3/c1-7-4(2-3-8)5(9)10-6/h3-4,7H,2H2,1H3. The summed E-state index contributed by atoms with van der Waals surface area (Å²) in [5, 5.41) is 2.41. The predicted molar refractivity (Wildman–Crippen MR) is 30.7 cm³/mol. The maximum atomic E-state index is 11.1. The lowest BCUT2D eigenvalue weighted by molar-refractivity contribution is -0.186. The minimum absolute atomic E-state index is 0.0841. The van der Waals surface area contributed by atoms with Crippen molar-refractivity contribution in [2.24, 2.45) is 0 Å². The van der Waals surface area contributed by atoms with Crippen LogP contribution in [0.5, 0.6) is 0 Å². The van der Waals surface area contributed by atoms with Gasteiger partial charge in [0.1, 0.15) is 12.3 Å². The predicted octanol–water partition coefficient (Wildman–Crippen LogP) is -0.409. The Hall–Kier alpha value is -0.970. The van der Waals surface area contributed by atoms with Crippen molar-refractivity contribution in [1.29, 1.82) is 0 Å². The van der Waals surface area contributed by atoms with Crippen molar-refractivity contribution in [3.63, 3.8) is 0 Å². The lowest BCUT2D eigenvalue weighted by atomic mass is 10.2. The number of hydrogen-bond donors (Lipinski definition) is 1. The first kappa shape index (κ1) is 9.03. The first-order valence-corrected chi connectivity index (χ1v) is 2.69. The molecule has 1 N–H and O–H groups in total. The molecule has 0 aromatic rings. The van der Waals surface area contributed by atoms with Crippen LogP contribution in [0, 0.1) is 0 Å². The number of likely N-dealkylation sites (N-methyl/N-ethyl adjacent to an activating group) is 1. The Morgan fingerprint density at radius 3 is 2.80 bits per heavy atom. The summed E-state index contributed by atoms with van der Waals surface area (Å²) in [5.41, 5.74) is 0. The van der Waals surface area contributed by atoms with E-state index in [1.165, 1.54) is 7.05 Å². The van der Waals surface area contributed by atoms with E-state index >= 15 is 0 Å². The van der Waals surface area contributed by atoms with Gasteiger partial charge in [0.15, 0.2) is 0 Å². The second-order valence-corrected chi connectivity index (χ2v) is 1.64. The van der Waals surface area contributed by atoms with Crippen LogP contribution >= 0.6 is 0 Å². The normalized spacial score (nSPS) is 12.2. The highest BCUT2D eigenvalue weighted by Crippen LogP contribution is 1.91. The Kier molecular flexibility index (Phi) is 4.39. The van der Waals surface area contributed by atoms with Crippen LogP contribution in [-0.2, 0) is 14.5 Å². The van der Waals surface area contributed by atoms with Gasteiger partial charge in [-0.05, 0) is 7.05 Å². The van der Waals surface area contributed by atoms with Crippen molar-refractivity contribution < 1.29 is 19.1 Å². The van der Waals surface area contributed by atoms with Gasteiger partial charge in [-0.2, -0.15) is 0 Å². The summed E-state index contributed by atoms with van der Waals surface area (Å²) >= 11 is 0. The van der Waals surface area contributed by atoms with E-state index < -0.39 is 12.0 Å². The zero-order valence-electron chi connectivity index (χ0n) is 5.46. The summed E-state index contributed by atoms with van der Waals surface area (Å²) in [7, 11) is 1.44. The van der Waals surface area contributed by atoms with E-state index in [1.54, 1.807) is 0 Å². The summed E-state index contributed by atoms with van der Waals surface area (Å²) in [5.74, 6) is -1.07. The number of carbonyl (C=O) groups excluding carboxylic acids is 2. The van der Waals surface area contributed by atoms with Crippen molar-refractivity contribution in [3.8, 4) is 0 Å². The van der Waals surface area contributed by atoms with Crippen LogP contribution in [0.15, 0.2) is 0 Å². The number of halogens is 1. The third-order valence-corrected chi connectivity index (χ3v) is 1.04. The largest absolute Gasteiger partial charge is 0.365 e. The van der Waals surface area contributed by atoms with Crippen LogP contribution in [0.1, 0.15) is 6.42 Å². The molecule has 0 spiro atoms. The minimum atomic E-state index is -1.07. The molecule has 0 fully saturated rings. The third kappa shape index (κ3) is 2.54. The van der Waals surface area contributed by atoms with Gasteiger partial charge in [0.25, 0.3) is 0 Å². The summed E-state index contributed by atoms with van der Waals surface area (Å²) in [6.07, 6.45) is 0.428. The van der Waals surface area contributed by atoms with E-state index in [0.717, 1.165) is 0 Å². The van der Waals surface area contributed by atoms with Crippen LogP contribution < -0.4 is 5.32 Å². The van der Waals surface area contributed by atoms with Gasteiger partial charge in [-0.25, -0.2) is 4.79 Å². The number of hydrogen-bond acceptors (Lipinski definition) is 4. The molecule has 0 aromatic heterocycles. The summed E-state index contributed by atoms with van der Waals surface area (Å²) < 4.78 is 11.1. The van der Waals surface area contributed by atoms with E-state index in [2.05, 4.69) is 10.3 Å². The zero-order chi connectivity index (χ0) is 7.98. The van der Waals surface area contributed by atoms with Crippen LogP contribution in [-0.4, -0.2) is 25.3 Å². The molecule has 0 saturated heterocycles. The van der Waals surface area contributed by atoms with Gasteiger partial charge in [-0.15, -0.1) is 0 Å². The molecule has 1 unspecified atom stereocenters. The van der Waals surface area contributed by atoms with Crippen molar-refractivity contribution in [1.82, 2.24) is 5.32 Å². The van der Waals surface area contributed by atoms with Crippen LogP contribution in [0.4, 0.5) is 4.53 Å². The molecule has 0 aliphatic heterocycles. The molecule has 0 aliphatic rings. The van der Waals surface area contributed by atoms with Crippen molar-refractivity contribution >= 4 is 12.3 Å². The molecule has 0 radical (unpaired) electrons. The Bertz CT molecular complexity index is 128. The molecular weight excluding hydrogens is 141 g/mol. The van der Waals surface area contributed by atoms with Gasteiger partial charge in [0.05, 0.1) is 0 Å². The number of carbonyl (C=O) groups is 2. The molecule has 0 aliphatic carbocycles. The molecular formula is C5H8FNO3.